The van der Waals surface area contributed by atoms with Crippen LogP contribution < -0.4 is 14.8 Å². The van der Waals surface area contributed by atoms with Gasteiger partial charge >= 0.3 is 0 Å². The number of carbonyl (C=O) groups is 1. The largest absolute Gasteiger partial charge is 0.497 e. The molecule has 0 bridgehead atoms. The summed E-state index contributed by atoms with van der Waals surface area (Å²) in [6.45, 7) is 1.32. The molecule has 0 radical (unpaired) electrons. The van der Waals surface area contributed by atoms with E-state index in [1.54, 1.807) is 32.7 Å². The minimum absolute atomic E-state index is 0.181. The van der Waals surface area contributed by atoms with Crippen LogP contribution in [-0.2, 0) is 16.1 Å². The fraction of sp³-hybridized carbons (Fsp3) is 0.185. The van der Waals surface area contributed by atoms with Crippen LogP contribution in [0.4, 0.5) is 0 Å². The molecule has 1 aromatic heterocycles. The average Bonchev–Trinajstić information content (AvgIpc) is 2.87. The predicted octanol–water partition coefficient (Wildman–Crippen LogP) is 4.42. The van der Waals surface area contributed by atoms with Crippen molar-refractivity contribution in [2.75, 3.05) is 27.4 Å². The maximum Gasteiger partial charge on any atom is 0.244 e. The number of methoxy groups -OCH3 is 2. The molecule has 0 aliphatic heterocycles. The number of allylic oxidation sites excluding steroid dienone is 2. The Bertz CT molecular complexity index is 1010. The fourth-order valence-electron chi connectivity index (χ4n) is 3.11. The van der Waals surface area contributed by atoms with E-state index in [-0.39, 0.29) is 5.91 Å². The zero-order valence-electron chi connectivity index (χ0n) is 18.9. The molecule has 1 amide bonds. The Kier molecular flexibility index (Phi) is 9.24. The van der Waals surface area contributed by atoms with Gasteiger partial charge in [0.2, 0.25) is 5.91 Å². The number of aromatic nitrogens is 1. The van der Waals surface area contributed by atoms with E-state index in [2.05, 4.69) is 10.3 Å². The Morgan fingerprint density at radius 1 is 0.939 bits per heavy atom. The second kappa shape index (κ2) is 12.8. The van der Waals surface area contributed by atoms with E-state index < -0.39 is 0 Å². The third-order valence-electron chi connectivity index (χ3n) is 4.85. The standard InChI is InChI=1S/C27H28N2O4/c1-31-24-12-8-22(9-13-24)26(23-10-14-25(32-2)15-11-23)6-3-7-27(30)29-17-18-33-20-21-5-4-16-28-19-21/h3-16,19H,17-18,20H2,1-2H3,(H,29,30). The molecule has 6 heteroatoms. The Hall–Kier alpha value is -3.90. The highest BCUT2D eigenvalue weighted by molar-refractivity contribution is 5.89. The fourth-order valence-corrected chi connectivity index (χ4v) is 3.11. The normalized spacial score (nSPS) is 10.6. The lowest BCUT2D eigenvalue weighted by atomic mass is 9.97. The first-order valence-corrected chi connectivity index (χ1v) is 10.6. The molecular weight excluding hydrogens is 416 g/mol. The summed E-state index contributed by atoms with van der Waals surface area (Å²) in [7, 11) is 3.28. The van der Waals surface area contributed by atoms with Crippen LogP contribution in [0.2, 0.25) is 0 Å². The average molecular weight is 445 g/mol. The van der Waals surface area contributed by atoms with Crippen LogP contribution in [-0.4, -0.2) is 38.3 Å². The van der Waals surface area contributed by atoms with E-state index in [0.29, 0.717) is 19.8 Å². The van der Waals surface area contributed by atoms with Crippen molar-refractivity contribution in [1.29, 1.82) is 0 Å². The molecule has 33 heavy (non-hydrogen) atoms. The summed E-state index contributed by atoms with van der Waals surface area (Å²) < 4.78 is 16.1. The first kappa shape index (κ1) is 23.8. The molecule has 0 atom stereocenters. The molecule has 2 aromatic carbocycles. The van der Waals surface area contributed by atoms with Crippen molar-refractivity contribution in [2.24, 2.45) is 0 Å². The van der Waals surface area contributed by atoms with Crippen molar-refractivity contribution < 1.29 is 19.0 Å². The summed E-state index contributed by atoms with van der Waals surface area (Å²) in [5.41, 5.74) is 3.99. The van der Waals surface area contributed by atoms with E-state index in [0.717, 1.165) is 33.8 Å². The topological polar surface area (TPSA) is 69.7 Å². The molecule has 3 aromatic rings. The zero-order chi connectivity index (χ0) is 23.3. The Morgan fingerprint density at radius 3 is 2.12 bits per heavy atom. The highest BCUT2D eigenvalue weighted by Gasteiger charge is 2.06. The molecule has 0 fully saturated rings. The SMILES string of the molecule is COc1ccc(C(=CC=CC(=O)NCCOCc2cccnc2)c2ccc(OC)cc2)cc1. The molecule has 0 unspecified atom stereocenters. The Balaban J connectivity index is 1.60. The Morgan fingerprint density at radius 2 is 1.58 bits per heavy atom. The first-order chi connectivity index (χ1) is 16.2. The van der Waals surface area contributed by atoms with E-state index in [1.165, 1.54) is 6.08 Å². The number of pyridine rings is 1. The van der Waals surface area contributed by atoms with Crippen molar-refractivity contribution in [2.45, 2.75) is 6.61 Å². The van der Waals surface area contributed by atoms with Gasteiger partial charge in [-0.15, -0.1) is 0 Å². The number of hydrogen-bond donors (Lipinski definition) is 1. The van der Waals surface area contributed by atoms with Crippen molar-refractivity contribution >= 4 is 11.5 Å². The van der Waals surface area contributed by atoms with E-state index in [9.17, 15) is 4.79 Å². The third-order valence-corrected chi connectivity index (χ3v) is 4.85. The lowest BCUT2D eigenvalue weighted by Gasteiger charge is -2.10. The van der Waals surface area contributed by atoms with Gasteiger partial charge in [-0.25, -0.2) is 0 Å². The van der Waals surface area contributed by atoms with Crippen LogP contribution in [0.3, 0.4) is 0 Å². The van der Waals surface area contributed by atoms with Gasteiger partial charge in [0.15, 0.2) is 0 Å². The number of amides is 1. The van der Waals surface area contributed by atoms with Crippen molar-refractivity contribution in [3.8, 4) is 11.5 Å². The summed E-state index contributed by atoms with van der Waals surface area (Å²) in [5, 5.41) is 2.82. The van der Waals surface area contributed by atoms with Crippen molar-refractivity contribution in [3.63, 3.8) is 0 Å². The summed E-state index contributed by atoms with van der Waals surface area (Å²) >= 11 is 0. The van der Waals surface area contributed by atoms with Crippen molar-refractivity contribution in [1.82, 2.24) is 10.3 Å². The second-order valence-corrected chi connectivity index (χ2v) is 7.10. The number of carbonyl (C=O) groups excluding carboxylic acids is 1. The molecule has 170 valence electrons. The third kappa shape index (κ3) is 7.63. The van der Waals surface area contributed by atoms with Crippen LogP contribution in [0.5, 0.6) is 11.5 Å². The summed E-state index contributed by atoms with van der Waals surface area (Å²) in [5.74, 6) is 1.39. The molecule has 0 saturated heterocycles. The molecule has 6 nitrogen and oxygen atoms in total. The van der Waals surface area contributed by atoms with Gasteiger partial charge in [0.25, 0.3) is 0 Å². The smallest absolute Gasteiger partial charge is 0.244 e. The van der Waals surface area contributed by atoms with Crippen LogP contribution in [0.1, 0.15) is 16.7 Å². The molecule has 0 aliphatic rings. The molecule has 1 heterocycles. The molecule has 0 spiro atoms. The summed E-state index contributed by atoms with van der Waals surface area (Å²) in [4.78, 5) is 16.2. The molecular formula is C27H28N2O4. The lowest BCUT2D eigenvalue weighted by Crippen LogP contribution is -2.25. The number of rotatable bonds is 11. The zero-order valence-corrected chi connectivity index (χ0v) is 18.9. The minimum atomic E-state index is -0.181. The first-order valence-electron chi connectivity index (χ1n) is 10.6. The molecule has 0 saturated carbocycles. The Labute approximate surface area is 194 Å². The van der Waals surface area contributed by atoms with E-state index in [4.69, 9.17) is 14.2 Å². The number of hydrogen-bond acceptors (Lipinski definition) is 5. The second-order valence-electron chi connectivity index (χ2n) is 7.10. The highest BCUT2D eigenvalue weighted by atomic mass is 16.5. The van der Waals surface area contributed by atoms with Crippen LogP contribution in [0.25, 0.3) is 5.57 Å². The van der Waals surface area contributed by atoms with Crippen LogP contribution >= 0.6 is 0 Å². The molecule has 0 aliphatic carbocycles. The van der Waals surface area contributed by atoms with Crippen LogP contribution in [0, 0.1) is 0 Å². The summed E-state index contributed by atoms with van der Waals surface area (Å²) in [6.07, 6.45) is 8.65. The monoisotopic (exact) mass is 444 g/mol. The number of ether oxygens (including phenoxy) is 3. The van der Waals surface area contributed by atoms with Gasteiger partial charge in [-0.1, -0.05) is 42.5 Å². The maximum absolute atomic E-state index is 12.2. The molecule has 3 rings (SSSR count). The van der Waals surface area contributed by atoms with Gasteiger partial charge < -0.3 is 19.5 Å². The maximum atomic E-state index is 12.2. The molecule has 1 N–H and O–H groups in total. The van der Waals surface area contributed by atoms with Gasteiger partial charge in [0.1, 0.15) is 11.5 Å². The quantitative estimate of drug-likeness (QED) is 0.269. The minimum Gasteiger partial charge on any atom is -0.497 e. The van der Waals surface area contributed by atoms with Gasteiger partial charge in [-0.2, -0.15) is 0 Å². The van der Waals surface area contributed by atoms with Crippen LogP contribution in [0.15, 0.2) is 91.3 Å². The van der Waals surface area contributed by atoms with E-state index in [1.807, 2.05) is 66.7 Å². The number of nitrogens with zero attached hydrogens (tertiary/aromatic N) is 1. The van der Waals surface area contributed by atoms with Gasteiger partial charge in [0, 0.05) is 25.0 Å². The lowest BCUT2D eigenvalue weighted by molar-refractivity contribution is -0.116. The van der Waals surface area contributed by atoms with Gasteiger partial charge in [-0.3, -0.25) is 9.78 Å². The van der Waals surface area contributed by atoms with E-state index >= 15 is 0 Å². The number of benzene rings is 2. The summed E-state index contributed by atoms with van der Waals surface area (Å²) in [6, 6.07) is 19.4. The van der Waals surface area contributed by atoms with Gasteiger partial charge in [0.05, 0.1) is 27.4 Å². The highest BCUT2D eigenvalue weighted by Crippen LogP contribution is 2.27. The van der Waals surface area contributed by atoms with Crippen molar-refractivity contribution in [3.05, 3.63) is 108 Å². The number of nitrogens with one attached hydrogen (secondary N) is 1. The predicted molar refractivity (Wildman–Crippen MR) is 129 cm³/mol. The van der Waals surface area contributed by atoms with Gasteiger partial charge in [-0.05, 0) is 52.6 Å².